The van der Waals surface area contributed by atoms with Crippen LogP contribution in [0.3, 0.4) is 0 Å². The molecule has 0 aliphatic heterocycles. The van der Waals surface area contributed by atoms with Gasteiger partial charge in [0.2, 0.25) is 5.91 Å². The van der Waals surface area contributed by atoms with Crippen molar-refractivity contribution in [2.75, 3.05) is 0 Å². The van der Waals surface area contributed by atoms with Gasteiger partial charge in [0.15, 0.2) is 0 Å². The Morgan fingerprint density at radius 3 is 2.54 bits per heavy atom. The molecule has 0 aromatic carbocycles. The molecule has 2 aliphatic carbocycles. The van der Waals surface area contributed by atoms with Crippen LogP contribution in [0, 0.1) is 11.8 Å². The highest BCUT2D eigenvalue weighted by molar-refractivity contribution is 5.80. The predicted octanol–water partition coefficient (Wildman–Crippen LogP) is 5.05. The summed E-state index contributed by atoms with van der Waals surface area (Å²) in [6.45, 7) is 2.12. The second kappa shape index (κ2) is 10.9. The number of nitrogens with one attached hydrogen (secondary N) is 1. The Balaban J connectivity index is 1.90. The average Bonchev–Trinajstić information content (AvgIpc) is 2.76. The maximum absolute atomic E-state index is 12.8. The predicted molar refractivity (Wildman–Crippen MR) is 101 cm³/mol. The molecule has 0 bridgehead atoms. The maximum Gasteiger partial charge on any atom is 0.227 e. The molecular weight excluding hydrogens is 296 g/mol. The normalized spacial score (nSPS) is 31.0. The van der Waals surface area contributed by atoms with Crippen LogP contribution in [0.25, 0.3) is 0 Å². The number of rotatable bonds is 3. The van der Waals surface area contributed by atoms with Crippen LogP contribution in [0.2, 0.25) is 0 Å². The van der Waals surface area contributed by atoms with Gasteiger partial charge in [0, 0.05) is 17.7 Å². The van der Waals surface area contributed by atoms with Crippen LogP contribution >= 0.6 is 0 Å². The van der Waals surface area contributed by atoms with Crippen molar-refractivity contribution >= 4 is 5.91 Å². The molecule has 0 aromatic heterocycles. The minimum atomic E-state index is 0.179. The second-order valence-corrected chi connectivity index (χ2v) is 8.06. The topological polar surface area (TPSA) is 55.1 Å². The lowest BCUT2D eigenvalue weighted by molar-refractivity contribution is -0.124. The fourth-order valence-electron chi connectivity index (χ4n) is 4.21. The van der Waals surface area contributed by atoms with E-state index in [0.29, 0.717) is 5.92 Å². The molecule has 0 saturated heterocycles. The lowest BCUT2D eigenvalue weighted by atomic mass is 9.88. The van der Waals surface area contributed by atoms with Crippen molar-refractivity contribution in [2.24, 2.45) is 17.6 Å². The van der Waals surface area contributed by atoms with Gasteiger partial charge in [-0.05, 0) is 64.2 Å². The number of allylic oxidation sites excluding steroid dienone is 2. The van der Waals surface area contributed by atoms with Gasteiger partial charge in [-0.3, -0.25) is 4.79 Å². The Bertz CT molecular complexity index is 403. The van der Waals surface area contributed by atoms with Gasteiger partial charge in [-0.25, -0.2) is 0 Å². The molecule has 3 heteroatoms. The van der Waals surface area contributed by atoms with Crippen LogP contribution in [-0.4, -0.2) is 11.9 Å². The summed E-state index contributed by atoms with van der Waals surface area (Å²) in [5.41, 5.74) is 7.33. The van der Waals surface area contributed by atoms with Crippen molar-refractivity contribution in [1.82, 2.24) is 5.32 Å². The standard InChI is InChI=1S/C21H38N2O/c1-17(22)18-11-7-6-8-12-19(16-15-18)21(24)23-20-13-9-4-2-3-5-10-14-20/h13,17-19H,2-12,14-16,22H2,1H3,(H,23,24)/b20-13+. The molecule has 3 unspecified atom stereocenters. The Morgan fingerprint density at radius 1 is 1.00 bits per heavy atom. The largest absolute Gasteiger partial charge is 0.330 e. The number of amides is 1. The minimum Gasteiger partial charge on any atom is -0.330 e. The smallest absolute Gasteiger partial charge is 0.227 e. The molecule has 1 fully saturated rings. The molecular formula is C21H38N2O. The monoisotopic (exact) mass is 334 g/mol. The Hall–Kier alpha value is -0.830. The number of carbonyl (C=O) groups excluding carboxylic acids is 1. The Kier molecular flexibility index (Phi) is 8.87. The van der Waals surface area contributed by atoms with E-state index in [4.69, 9.17) is 5.73 Å². The van der Waals surface area contributed by atoms with Crippen molar-refractivity contribution in [3.05, 3.63) is 11.8 Å². The SMILES string of the molecule is CC(N)C1CCCCCC(C(=O)N/C2=C/CCCCCCC2)CC1. The molecule has 138 valence electrons. The molecule has 3 atom stereocenters. The van der Waals surface area contributed by atoms with Gasteiger partial charge in [0.1, 0.15) is 0 Å². The summed E-state index contributed by atoms with van der Waals surface area (Å²) in [5.74, 6) is 1.03. The summed E-state index contributed by atoms with van der Waals surface area (Å²) >= 11 is 0. The summed E-state index contributed by atoms with van der Waals surface area (Å²) in [4.78, 5) is 12.8. The highest BCUT2D eigenvalue weighted by Gasteiger charge is 2.23. The van der Waals surface area contributed by atoms with Crippen LogP contribution in [0.5, 0.6) is 0 Å². The van der Waals surface area contributed by atoms with Gasteiger partial charge in [-0.2, -0.15) is 0 Å². The molecule has 1 saturated carbocycles. The quantitative estimate of drug-likeness (QED) is 0.758. The maximum atomic E-state index is 12.8. The number of nitrogens with two attached hydrogens (primary N) is 1. The third-order valence-electron chi connectivity index (χ3n) is 5.95. The van der Waals surface area contributed by atoms with Crippen molar-refractivity contribution in [3.8, 4) is 0 Å². The van der Waals surface area contributed by atoms with Gasteiger partial charge in [-0.1, -0.05) is 44.6 Å². The highest BCUT2D eigenvalue weighted by atomic mass is 16.1. The first-order valence-corrected chi connectivity index (χ1v) is 10.4. The summed E-state index contributed by atoms with van der Waals surface area (Å²) in [6, 6.07) is 0.254. The van der Waals surface area contributed by atoms with Crippen LogP contribution in [0.1, 0.15) is 96.8 Å². The third-order valence-corrected chi connectivity index (χ3v) is 5.95. The first kappa shape index (κ1) is 19.5. The van der Waals surface area contributed by atoms with Crippen LogP contribution in [-0.2, 0) is 4.79 Å². The van der Waals surface area contributed by atoms with Gasteiger partial charge >= 0.3 is 0 Å². The minimum absolute atomic E-state index is 0.179. The summed E-state index contributed by atoms with van der Waals surface area (Å²) in [7, 11) is 0. The first-order chi connectivity index (χ1) is 11.7. The fraction of sp³-hybridized carbons (Fsp3) is 0.857. The lowest BCUT2D eigenvalue weighted by Gasteiger charge is -2.22. The van der Waals surface area contributed by atoms with Crippen LogP contribution in [0.4, 0.5) is 0 Å². The molecule has 3 nitrogen and oxygen atoms in total. The van der Waals surface area contributed by atoms with Crippen molar-refractivity contribution in [3.63, 3.8) is 0 Å². The van der Waals surface area contributed by atoms with E-state index >= 15 is 0 Å². The molecule has 24 heavy (non-hydrogen) atoms. The molecule has 0 heterocycles. The van der Waals surface area contributed by atoms with E-state index in [-0.39, 0.29) is 17.9 Å². The van der Waals surface area contributed by atoms with Crippen molar-refractivity contribution < 1.29 is 4.79 Å². The van der Waals surface area contributed by atoms with Gasteiger partial charge < -0.3 is 11.1 Å². The van der Waals surface area contributed by atoms with Gasteiger partial charge in [-0.15, -0.1) is 0 Å². The number of hydrogen-bond acceptors (Lipinski definition) is 2. The molecule has 0 spiro atoms. The third kappa shape index (κ3) is 6.96. The Labute approximate surface area is 148 Å². The van der Waals surface area contributed by atoms with Crippen molar-refractivity contribution in [2.45, 2.75) is 103 Å². The van der Waals surface area contributed by atoms with Gasteiger partial charge in [0.25, 0.3) is 0 Å². The van der Waals surface area contributed by atoms with Gasteiger partial charge in [0.05, 0.1) is 0 Å². The number of hydrogen-bond donors (Lipinski definition) is 2. The van der Waals surface area contributed by atoms with E-state index in [2.05, 4.69) is 18.3 Å². The van der Waals surface area contributed by atoms with Crippen LogP contribution in [0.15, 0.2) is 11.8 Å². The van der Waals surface area contributed by atoms with E-state index in [1.807, 2.05) is 0 Å². The van der Waals surface area contributed by atoms with Crippen LogP contribution < -0.4 is 11.1 Å². The molecule has 1 amide bonds. The van der Waals surface area contributed by atoms with E-state index in [0.717, 1.165) is 32.1 Å². The summed E-state index contributed by atoms with van der Waals surface area (Å²) < 4.78 is 0. The van der Waals surface area contributed by atoms with E-state index in [9.17, 15) is 4.79 Å². The summed E-state index contributed by atoms with van der Waals surface area (Å²) in [6.07, 6.45) is 19.0. The second-order valence-electron chi connectivity index (χ2n) is 8.06. The highest BCUT2D eigenvalue weighted by Crippen LogP contribution is 2.27. The van der Waals surface area contributed by atoms with E-state index < -0.39 is 0 Å². The van der Waals surface area contributed by atoms with Crippen molar-refractivity contribution in [1.29, 1.82) is 0 Å². The lowest BCUT2D eigenvalue weighted by Crippen LogP contribution is -2.32. The molecule has 2 rings (SSSR count). The zero-order chi connectivity index (χ0) is 17.2. The van der Waals surface area contributed by atoms with E-state index in [1.54, 1.807) is 0 Å². The molecule has 0 radical (unpaired) electrons. The first-order valence-electron chi connectivity index (χ1n) is 10.4. The van der Waals surface area contributed by atoms with E-state index in [1.165, 1.54) is 63.5 Å². The molecule has 2 aliphatic rings. The zero-order valence-corrected chi connectivity index (χ0v) is 15.7. The fourth-order valence-corrected chi connectivity index (χ4v) is 4.21. The summed E-state index contributed by atoms with van der Waals surface area (Å²) in [5, 5.41) is 3.29. The average molecular weight is 335 g/mol. The molecule has 3 N–H and O–H groups in total. The molecule has 0 aromatic rings. The number of carbonyl (C=O) groups is 1. The Morgan fingerprint density at radius 2 is 1.71 bits per heavy atom. The zero-order valence-electron chi connectivity index (χ0n) is 15.7.